The van der Waals surface area contributed by atoms with Crippen molar-refractivity contribution < 1.29 is 9.47 Å². The van der Waals surface area contributed by atoms with Crippen LogP contribution >= 0.6 is 0 Å². The Kier molecular flexibility index (Phi) is 4.74. The lowest BCUT2D eigenvalue weighted by Crippen LogP contribution is -2.49. The van der Waals surface area contributed by atoms with Gasteiger partial charge in [-0.25, -0.2) is 0 Å². The lowest BCUT2D eigenvalue weighted by molar-refractivity contribution is -0.0770. The first-order valence-electron chi connectivity index (χ1n) is 5.25. The highest BCUT2D eigenvalue weighted by Gasteiger charge is 2.43. The Bertz CT molecular complexity index is 223. The van der Waals surface area contributed by atoms with Gasteiger partial charge in [0.1, 0.15) is 0 Å². The van der Waals surface area contributed by atoms with E-state index in [1.807, 2.05) is 41.5 Å². The fourth-order valence-electron chi connectivity index (χ4n) is 1.05. The maximum Gasteiger partial charge on any atom is 0.189 e. The van der Waals surface area contributed by atoms with E-state index in [0.29, 0.717) is 0 Å². The number of hydrogen-bond acceptors (Lipinski definition) is 4. The van der Waals surface area contributed by atoms with Gasteiger partial charge in [-0.1, -0.05) is 0 Å². The first kappa shape index (κ1) is 14.4. The van der Waals surface area contributed by atoms with E-state index in [2.05, 4.69) is 0 Å². The minimum atomic E-state index is -0.520. The molecule has 0 fully saturated rings. The molecule has 0 saturated carbocycles. The third-order valence-corrected chi connectivity index (χ3v) is 2.87. The summed E-state index contributed by atoms with van der Waals surface area (Å²) in [6.07, 6.45) is 0.00505. The summed E-state index contributed by atoms with van der Waals surface area (Å²) in [5, 5.41) is 7.91. The van der Waals surface area contributed by atoms with E-state index in [-0.39, 0.29) is 18.7 Å². The van der Waals surface area contributed by atoms with Crippen molar-refractivity contribution in [1.29, 1.82) is 5.41 Å². The van der Waals surface area contributed by atoms with Crippen molar-refractivity contribution >= 4 is 5.90 Å². The molecule has 0 unspecified atom stereocenters. The normalized spacial score (nSPS) is 13.1. The summed E-state index contributed by atoms with van der Waals surface area (Å²) in [6.45, 7) is 11.6. The average Bonchev–Trinajstić information content (AvgIpc) is 2.02. The first-order valence-corrected chi connectivity index (χ1v) is 5.25. The van der Waals surface area contributed by atoms with Crippen LogP contribution in [0.3, 0.4) is 0 Å². The number of ether oxygens (including phenoxy) is 2. The largest absolute Gasteiger partial charge is 0.478 e. The summed E-state index contributed by atoms with van der Waals surface area (Å²) in [5.41, 5.74) is 4.36. The van der Waals surface area contributed by atoms with Gasteiger partial charge in [-0.05, 0) is 41.5 Å². The Hall–Kier alpha value is -0.610. The number of rotatable bonds is 5. The minimum Gasteiger partial charge on any atom is -0.478 e. The van der Waals surface area contributed by atoms with E-state index < -0.39 is 11.0 Å². The van der Waals surface area contributed by atoms with Crippen LogP contribution < -0.4 is 5.73 Å². The van der Waals surface area contributed by atoms with E-state index in [4.69, 9.17) is 20.6 Å². The summed E-state index contributed by atoms with van der Waals surface area (Å²) >= 11 is 0. The van der Waals surface area contributed by atoms with Crippen LogP contribution in [0.15, 0.2) is 0 Å². The van der Waals surface area contributed by atoms with Gasteiger partial charge in [-0.15, -0.1) is 0 Å². The van der Waals surface area contributed by atoms with Crippen molar-refractivity contribution in [3.05, 3.63) is 0 Å². The quantitative estimate of drug-likeness (QED) is 0.420. The molecule has 15 heavy (non-hydrogen) atoms. The maximum absolute atomic E-state index is 7.91. The van der Waals surface area contributed by atoms with Gasteiger partial charge in [-0.2, -0.15) is 0 Å². The van der Waals surface area contributed by atoms with Crippen LogP contribution in [0.4, 0.5) is 0 Å². The van der Waals surface area contributed by atoms with E-state index in [1.54, 1.807) is 0 Å². The van der Waals surface area contributed by atoms with Crippen LogP contribution in [0.1, 0.15) is 41.5 Å². The lowest BCUT2D eigenvalue weighted by atomic mass is 9.76. The van der Waals surface area contributed by atoms with Crippen LogP contribution in [0.2, 0.25) is 0 Å². The Labute approximate surface area is 92.6 Å². The molecular weight excluding hydrogens is 192 g/mol. The number of nitrogens with two attached hydrogens (primary N) is 1. The molecule has 0 heterocycles. The number of hydrogen-bond donors (Lipinski definition) is 2. The fourth-order valence-corrected chi connectivity index (χ4v) is 1.05. The molecule has 0 aliphatic carbocycles. The molecule has 0 radical (unpaired) electrons. The molecule has 0 amide bonds. The Morgan fingerprint density at radius 2 is 1.73 bits per heavy atom. The van der Waals surface area contributed by atoms with Crippen molar-refractivity contribution in [2.75, 3.05) is 6.73 Å². The van der Waals surface area contributed by atoms with Gasteiger partial charge in [-0.3, -0.25) is 5.41 Å². The standard InChI is InChI=1S/C11H24N2O2/c1-8(2)15-9(13)10(3,4)11(5,6)14-7-12/h8,13H,7,12H2,1-6H3. The summed E-state index contributed by atoms with van der Waals surface area (Å²) in [6, 6.07) is 0. The molecule has 0 aliphatic rings. The van der Waals surface area contributed by atoms with Crippen LogP contribution in [0.5, 0.6) is 0 Å². The third-order valence-electron chi connectivity index (χ3n) is 2.87. The van der Waals surface area contributed by atoms with Crippen molar-refractivity contribution in [1.82, 2.24) is 0 Å². The van der Waals surface area contributed by atoms with Crippen molar-refractivity contribution in [2.45, 2.75) is 53.2 Å². The molecule has 3 N–H and O–H groups in total. The first-order chi connectivity index (χ1) is 6.65. The van der Waals surface area contributed by atoms with E-state index in [1.165, 1.54) is 0 Å². The zero-order valence-corrected chi connectivity index (χ0v) is 10.7. The second-order valence-electron chi connectivity index (χ2n) is 4.94. The molecular formula is C11H24N2O2. The van der Waals surface area contributed by atoms with Crippen LogP contribution in [-0.4, -0.2) is 24.3 Å². The van der Waals surface area contributed by atoms with Gasteiger partial charge < -0.3 is 15.2 Å². The molecule has 0 aromatic rings. The highest BCUT2D eigenvalue weighted by atomic mass is 16.5. The van der Waals surface area contributed by atoms with Gasteiger partial charge >= 0.3 is 0 Å². The van der Waals surface area contributed by atoms with Gasteiger partial charge in [0.15, 0.2) is 5.90 Å². The third kappa shape index (κ3) is 3.47. The fraction of sp³-hybridized carbons (Fsp3) is 0.909. The molecule has 0 saturated heterocycles. The Morgan fingerprint density at radius 1 is 1.27 bits per heavy atom. The van der Waals surface area contributed by atoms with E-state index >= 15 is 0 Å². The summed E-state index contributed by atoms with van der Waals surface area (Å²) in [5.74, 6) is 0.232. The average molecular weight is 216 g/mol. The summed E-state index contributed by atoms with van der Waals surface area (Å²) in [7, 11) is 0. The SMILES string of the molecule is CC(C)OC(=N)C(C)(C)C(C)(C)OCN. The molecule has 0 rings (SSSR count). The second-order valence-corrected chi connectivity index (χ2v) is 4.94. The van der Waals surface area contributed by atoms with Crippen molar-refractivity contribution in [2.24, 2.45) is 11.1 Å². The van der Waals surface area contributed by atoms with E-state index in [9.17, 15) is 0 Å². The maximum atomic E-state index is 7.91. The molecule has 0 aliphatic heterocycles. The Morgan fingerprint density at radius 3 is 2.07 bits per heavy atom. The zero-order chi connectivity index (χ0) is 12.3. The van der Waals surface area contributed by atoms with Gasteiger partial charge in [0.2, 0.25) is 0 Å². The van der Waals surface area contributed by atoms with Crippen molar-refractivity contribution in [3.63, 3.8) is 0 Å². The molecule has 4 nitrogen and oxygen atoms in total. The molecule has 0 spiro atoms. The second kappa shape index (κ2) is 4.94. The molecule has 0 aromatic carbocycles. The highest BCUT2D eigenvalue weighted by molar-refractivity contribution is 5.80. The van der Waals surface area contributed by atoms with Crippen LogP contribution in [0.25, 0.3) is 0 Å². The lowest BCUT2D eigenvalue weighted by Gasteiger charge is -2.40. The predicted molar refractivity (Wildman–Crippen MR) is 61.9 cm³/mol. The topological polar surface area (TPSA) is 68.3 Å². The molecule has 90 valence electrons. The Balaban J connectivity index is 4.71. The smallest absolute Gasteiger partial charge is 0.189 e. The van der Waals surface area contributed by atoms with Gasteiger partial charge in [0.25, 0.3) is 0 Å². The number of nitrogens with one attached hydrogen (secondary N) is 1. The van der Waals surface area contributed by atoms with E-state index in [0.717, 1.165) is 0 Å². The summed E-state index contributed by atoms with van der Waals surface area (Å²) < 4.78 is 10.9. The van der Waals surface area contributed by atoms with Crippen LogP contribution in [0, 0.1) is 10.8 Å². The zero-order valence-electron chi connectivity index (χ0n) is 10.7. The highest BCUT2D eigenvalue weighted by Crippen LogP contribution is 2.35. The molecule has 0 aromatic heterocycles. The van der Waals surface area contributed by atoms with Gasteiger partial charge in [0.05, 0.1) is 23.9 Å². The summed E-state index contributed by atoms with van der Waals surface area (Å²) in [4.78, 5) is 0. The van der Waals surface area contributed by atoms with Gasteiger partial charge in [0, 0.05) is 0 Å². The molecule has 0 bridgehead atoms. The molecule has 4 heteroatoms. The monoisotopic (exact) mass is 216 g/mol. The molecule has 0 atom stereocenters. The van der Waals surface area contributed by atoms with Crippen molar-refractivity contribution in [3.8, 4) is 0 Å². The predicted octanol–water partition coefficient (Wildman–Crippen LogP) is 2.13. The minimum absolute atomic E-state index is 0.00505. The van der Waals surface area contributed by atoms with Crippen LogP contribution in [-0.2, 0) is 9.47 Å².